The van der Waals surface area contributed by atoms with Gasteiger partial charge in [-0.25, -0.2) is 0 Å². The maximum atomic E-state index is 10.5. The molecule has 0 saturated carbocycles. The molecule has 0 saturated heterocycles. The predicted molar refractivity (Wildman–Crippen MR) is 59.6 cm³/mol. The molecule has 1 atom stereocenters. The van der Waals surface area contributed by atoms with Crippen LogP contribution in [-0.2, 0) is 0 Å². The number of hydrogen-bond donors (Lipinski definition) is 1. The second-order valence-corrected chi connectivity index (χ2v) is 8.09. The lowest BCUT2D eigenvalue weighted by molar-refractivity contribution is 0.531. The Labute approximate surface area is 81.6 Å². The molecule has 0 amide bonds. The van der Waals surface area contributed by atoms with Gasteiger partial charge in [-0.05, 0) is 16.8 Å². The van der Waals surface area contributed by atoms with Crippen molar-refractivity contribution in [2.45, 2.75) is 32.4 Å². The van der Waals surface area contributed by atoms with E-state index in [1.54, 1.807) is 0 Å². The van der Waals surface area contributed by atoms with Crippen LogP contribution in [0.5, 0.6) is 0 Å². The zero-order valence-corrected chi connectivity index (χ0v) is 9.62. The minimum absolute atomic E-state index is 0.389. The van der Waals surface area contributed by atoms with Gasteiger partial charge in [0.25, 0.3) is 0 Å². The van der Waals surface area contributed by atoms with Crippen molar-refractivity contribution in [2.75, 3.05) is 0 Å². The second kappa shape index (κ2) is 4.07. The summed E-state index contributed by atoms with van der Waals surface area (Å²) in [4.78, 5) is 10.5. The molecule has 13 heavy (non-hydrogen) atoms. The van der Waals surface area contributed by atoms with Crippen molar-refractivity contribution in [1.82, 2.24) is 0 Å². The van der Waals surface area contributed by atoms with E-state index in [4.69, 9.17) is 0 Å². The van der Waals surface area contributed by atoms with Gasteiger partial charge in [0.05, 0.1) is 0 Å². The van der Waals surface area contributed by atoms with Crippen LogP contribution in [0.3, 0.4) is 0 Å². The number of rotatable bonds is 3. The SMILES string of the molecule is CC[Si](O)(c1ccccc1)C(C)C. The monoisotopic (exact) mass is 194 g/mol. The van der Waals surface area contributed by atoms with Gasteiger partial charge in [-0.3, -0.25) is 0 Å². The summed E-state index contributed by atoms with van der Waals surface area (Å²) in [6, 6.07) is 11.0. The lowest BCUT2D eigenvalue weighted by Crippen LogP contribution is -2.50. The van der Waals surface area contributed by atoms with Crippen LogP contribution in [0.15, 0.2) is 30.3 Å². The molecule has 1 N–H and O–H groups in total. The van der Waals surface area contributed by atoms with Crippen molar-refractivity contribution in [3.8, 4) is 0 Å². The summed E-state index contributed by atoms with van der Waals surface area (Å²) in [7, 11) is -2.18. The third kappa shape index (κ3) is 2.01. The standard InChI is InChI=1S/C11H18OSi/c1-4-13(12,10(2)3)11-8-6-5-7-9-11/h5-10,12H,4H2,1-3H3. The Morgan fingerprint density at radius 3 is 2.15 bits per heavy atom. The number of hydrogen-bond acceptors (Lipinski definition) is 1. The Bertz CT molecular complexity index is 258. The third-order valence-corrected chi connectivity index (χ3v) is 7.09. The first-order valence-electron chi connectivity index (χ1n) is 4.89. The van der Waals surface area contributed by atoms with Crippen molar-refractivity contribution in [3.05, 3.63) is 30.3 Å². The van der Waals surface area contributed by atoms with E-state index in [0.717, 1.165) is 11.2 Å². The van der Waals surface area contributed by atoms with Crippen molar-refractivity contribution < 1.29 is 4.80 Å². The highest BCUT2D eigenvalue weighted by molar-refractivity contribution is 6.86. The molecule has 0 aliphatic rings. The summed E-state index contributed by atoms with van der Waals surface area (Å²) < 4.78 is 0. The number of benzene rings is 1. The normalized spacial score (nSPS) is 15.8. The Hall–Kier alpha value is -0.603. The summed E-state index contributed by atoms with van der Waals surface area (Å²) in [6.45, 7) is 6.31. The second-order valence-electron chi connectivity index (χ2n) is 3.80. The molecule has 1 aromatic carbocycles. The first kappa shape index (κ1) is 10.5. The van der Waals surface area contributed by atoms with E-state index in [9.17, 15) is 4.80 Å². The maximum absolute atomic E-state index is 10.5. The topological polar surface area (TPSA) is 20.2 Å². The van der Waals surface area contributed by atoms with Gasteiger partial charge in [-0.15, -0.1) is 0 Å². The Morgan fingerprint density at radius 2 is 1.77 bits per heavy atom. The molecular formula is C11H18OSi. The van der Waals surface area contributed by atoms with E-state index >= 15 is 0 Å². The van der Waals surface area contributed by atoms with Crippen LogP contribution in [0.4, 0.5) is 0 Å². The van der Waals surface area contributed by atoms with Crippen LogP contribution >= 0.6 is 0 Å². The summed E-state index contributed by atoms with van der Waals surface area (Å²) in [6.07, 6.45) is 0. The van der Waals surface area contributed by atoms with E-state index in [2.05, 4.69) is 32.9 Å². The van der Waals surface area contributed by atoms with E-state index in [-0.39, 0.29) is 0 Å². The van der Waals surface area contributed by atoms with E-state index in [1.807, 2.05) is 18.2 Å². The molecule has 0 heterocycles. The van der Waals surface area contributed by atoms with Crippen LogP contribution < -0.4 is 5.19 Å². The van der Waals surface area contributed by atoms with Crippen molar-refractivity contribution in [3.63, 3.8) is 0 Å². The molecule has 0 fully saturated rings. The molecule has 1 nitrogen and oxygen atoms in total. The highest BCUT2D eigenvalue weighted by atomic mass is 28.4. The zero-order valence-electron chi connectivity index (χ0n) is 8.62. The fourth-order valence-corrected chi connectivity index (χ4v) is 4.33. The van der Waals surface area contributed by atoms with Crippen LogP contribution in [0.25, 0.3) is 0 Å². The van der Waals surface area contributed by atoms with Crippen LogP contribution in [-0.4, -0.2) is 13.1 Å². The van der Waals surface area contributed by atoms with Crippen molar-refractivity contribution in [1.29, 1.82) is 0 Å². The van der Waals surface area contributed by atoms with E-state index < -0.39 is 8.32 Å². The van der Waals surface area contributed by atoms with Gasteiger partial charge in [-0.1, -0.05) is 51.1 Å². The van der Waals surface area contributed by atoms with Crippen LogP contribution in [0.2, 0.25) is 11.6 Å². The third-order valence-electron chi connectivity index (χ3n) is 2.77. The average Bonchev–Trinajstić information content (AvgIpc) is 2.17. The molecule has 2 heteroatoms. The predicted octanol–water partition coefficient (Wildman–Crippen LogP) is 2.26. The zero-order chi connectivity index (χ0) is 9.90. The smallest absolute Gasteiger partial charge is 0.222 e. The van der Waals surface area contributed by atoms with E-state index in [0.29, 0.717) is 5.54 Å². The summed E-state index contributed by atoms with van der Waals surface area (Å²) in [5.41, 5.74) is 0.389. The lowest BCUT2D eigenvalue weighted by Gasteiger charge is -2.28. The fourth-order valence-electron chi connectivity index (χ4n) is 1.67. The molecule has 1 aromatic rings. The first-order valence-corrected chi connectivity index (χ1v) is 7.12. The first-order chi connectivity index (χ1) is 6.11. The fraction of sp³-hybridized carbons (Fsp3) is 0.455. The van der Waals surface area contributed by atoms with Gasteiger partial charge < -0.3 is 4.80 Å². The molecule has 0 aromatic heterocycles. The van der Waals surface area contributed by atoms with Crippen molar-refractivity contribution in [2.24, 2.45) is 0 Å². The molecule has 0 aliphatic carbocycles. The van der Waals surface area contributed by atoms with Gasteiger partial charge in [0.15, 0.2) is 0 Å². The molecule has 0 spiro atoms. The molecule has 0 radical (unpaired) electrons. The highest BCUT2D eigenvalue weighted by Gasteiger charge is 2.34. The molecule has 0 bridgehead atoms. The minimum atomic E-state index is -2.18. The van der Waals surface area contributed by atoms with Gasteiger partial charge >= 0.3 is 0 Å². The molecule has 1 rings (SSSR count). The lowest BCUT2D eigenvalue weighted by atomic mass is 10.4. The molecule has 72 valence electrons. The van der Waals surface area contributed by atoms with E-state index in [1.165, 1.54) is 0 Å². The van der Waals surface area contributed by atoms with Crippen LogP contribution in [0, 0.1) is 0 Å². The van der Waals surface area contributed by atoms with Crippen molar-refractivity contribution >= 4 is 13.5 Å². The van der Waals surface area contributed by atoms with Gasteiger partial charge in [0.2, 0.25) is 8.32 Å². The summed E-state index contributed by atoms with van der Waals surface area (Å²) in [5.74, 6) is 0. The largest absolute Gasteiger partial charge is 0.427 e. The Morgan fingerprint density at radius 1 is 1.23 bits per heavy atom. The summed E-state index contributed by atoms with van der Waals surface area (Å²) >= 11 is 0. The Kier molecular flexibility index (Phi) is 3.28. The summed E-state index contributed by atoms with van der Waals surface area (Å²) in [5, 5.41) is 1.16. The maximum Gasteiger partial charge on any atom is 0.222 e. The quantitative estimate of drug-likeness (QED) is 0.732. The highest BCUT2D eigenvalue weighted by Crippen LogP contribution is 2.21. The average molecular weight is 194 g/mol. The molecule has 0 aliphatic heterocycles. The molecular weight excluding hydrogens is 176 g/mol. The molecule has 1 unspecified atom stereocenters. The minimum Gasteiger partial charge on any atom is -0.427 e. The Balaban J connectivity index is 3.03. The van der Waals surface area contributed by atoms with Gasteiger partial charge in [0.1, 0.15) is 0 Å². The van der Waals surface area contributed by atoms with Crippen LogP contribution in [0.1, 0.15) is 20.8 Å². The van der Waals surface area contributed by atoms with Gasteiger partial charge in [-0.2, -0.15) is 0 Å². The van der Waals surface area contributed by atoms with Gasteiger partial charge in [0, 0.05) is 0 Å².